The monoisotopic (exact) mass is 298 g/mol. The van der Waals surface area contributed by atoms with Crippen LogP contribution in [0.25, 0.3) is 0 Å². The molecule has 0 unspecified atom stereocenters. The summed E-state index contributed by atoms with van der Waals surface area (Å²) in [5.41, 5.74) is 0.830. The normalized spacial score (nSPS) is 18.8. The number of rotatable bonds is 2. The van der Waals surface area contributed by atoms with Crippen molar-refractivity contribution in [3.63, 3.8) is 0 Å². The van der Waals surface area contributed by atoms with Gasteiger partial charge < -0.3 is 5.32 Å². The first-order valence-corrected chi connectivity index (χ1v) is 8.94. The topological polar surface area (TPSA) is 58.5 Å². The van der Waals surface area contributed by atoms with Crippen LogP contribution in [-0.2, 0) is 9.84 Å². The minimum atomic E-state index is -3.13. The Hall–Kier alpha value is -1.01. The number of anilines is 1. The summed E-state index contributed by atoms with van der Waals surface area (Å²) < 4.78 is 22.7. The zero-order valence-electron chi connectivity index (χ0n) is 11.3. The lowest BCUT2D eigenvalue weighted by Crippen LogP contribution is -2.27. The molecule has 0 atom stereocenters. The lowest BCUT2D eigenvalue weighted by atomic mass is 10.0. The van der Waals surface area contributed by atoms with Crippen LogP contribution in [-0.4, -0.2) is 31.1 Å². The van der Waals surface area contributed by atoms with Gasteiger partial charge in [0.2, 0.25) is 0 Å². The van der Waals surface area contributed by atoms with E-state index < -0.39 is 9.84 Å². The Balaban J connectivity index is 2.15. The van der Waals surface area contributed by atoms with Crippen molar-refractivity contribution in [2.24, 2.45) is 4.99 Å². The zero-order chi connectivity index (χ0) is 14.1. The van der Waals surface area contributed by atoms with Crippen LogP contribution in [0.2, 0.25) is 0 Å². The van der Waals surface area contributed by atoms with Gasteiger partial charge in [0.15, 0.2) is 15.0 Å². The molecule has 1 aliphatic heterocycles. The maximum atomic E-state index is 11.4. The molecule has 0 amide bonds. The number of hydrogen-bond acceptors (Lipinski definition) is 5. The first-order valence-electron chi connectivity index (χ1n) is 6.06. The molecule has 6 heteroatoms. The van der Waals surface area contributed by atoms with Gasteiger partial charge in [-0.15, -0.1) is 0 Å². The van der Waals surface area contributed by atoms with E-state index in [1.807, 2.05) is 0 Å². The Bertz CT molecular complexity index is 590. The lowest BCUT2D eigenvalue weighted by Gasteiger charge is -2.26. The molecule has 0 aromatic heterocycles. The Morgan fingerprint density at radius 3 is 2.42 bits per heavy atom. The fourth-order valence-corrected chi connectivity index (χ4v) is 3.66. The van der Waals surface area contributed by atoms with Crippen LogP contribution in [0.3, 0.4) is 0 Å². The minimum absolute atomic E-state index is 0.0275. The second kappa shape index (κ2) is 5.17. The number of nitrogens with zero attached hydrogens (tertiary/aromatic N) is 1. The standard InChI is InChI=1S/C13H18N2O2S2/c1-13(2)8-9-18-12(15-13)14-10-4-6-11(7-5-10)19(3,16)17/h4-7H,8-9H2,1-3H3,(H,14,15). The summed E-state index contributed by atoms with van der Waals surface area (Å²) in [6.07, 6.45) is 2.27. The van der Waals surface area contributed by atoms with E-state index in [1.54, 1.807) is 36.0 Å². The predicted molar refractivity (Wildman–Crippen MR) is 81.8 cm³/mol. The average Bonchev–Trinajstić information content (AvgIpc) is 2.27. The highest BCUT2D eigenvalue weighted by Crippen LogP contribution is 2.27. The molecule has 104 valence electrons. The smallest absolute Gasteiger partial charge is 0.175 e. The van der Waals surface area contributed by atoms with Gasteiger partial charge in [0.1, 0.15) is 0 Å². The van der Waals surface area contributed by atoms with Crippen molar-refractivity contribution in [1.82, 2.24) is 0 Å². The molecule has 0 saturated carbocycles. The molecular weight excluding hydrogens is 280 g/mol. The summed E-state index contributed by atoms with van der Waals surface area (Å²) in [4.78, 5) is 4.96. The first-order chi connectivity index (χ1) is 8.76. The van der Waals surface area contributed by atoms with Gasteiger partial charge in [-0.05, 0) is 44.5 Å². The lowest BCUT2D eigenvalue weighted by molar-refractivity contribution is 0.507. The maximum absolute atomic E-state index is 11.4. The van der Waals surface area contributed by atoms with E-state index in [-0.39, 0.29) is 5.54 Å². The van der Waals surface area contributed by atoms with Gasteiger partial charge in [-0.25, -0.2) is 8.42 Å². The van der Waals surface area contributed by atoms with Crippen LogP contribution in [0.4, 0.5) is 5.69 Å². The van der Waals surface area contributed by atoms with Crippen molar-refractivity contribution in [1.29, 1.82) is 0 Å². The molecule has 0 bridgehead atoms. The van der Waals surface area contributed by atoms with Gasteiger partial charge in [-0.2, -0.15) is 0 Å². The summed E-state index contributed by atoms with van der Waals surface area (Å²) in [5.74, 6) is 1.04. The molecule has 1 aromatic rings. The van der Waals surface area contributed by atoms with Crippen molar-refractivity contribution in [2.45, 2.75) is 30.7 Å². The Labute approximate surface area is 118 Å². The third kappa shape index (κ3) is 3.98. The largest absolute Gasteiger partial charge is 0.335 e. The summed E-state index contributed by atoms with van der Waals surface area (Å²) in [6, 6.07) is 6.75. The van der Waals surface area contributed by atoms with Gasteiger partial charge in [-0.1, -0.05) is 11.8 Å². The number of aliphatic imine (C=N–C) groups is 1. The summed E-state index contributed by atoms with van der Waals surface area (Å²) in [5, 5.41) is 4.13. The summed E-state index contributed by atoms with van der Waals surface area (Å²) >= 11 is 1.69. The van der Waals surface area contributed by atoms with Gasteiger partial charge in [-0.3, -0.25) is 4.99 Å². The van der Waals surface area contributed by atoms with Crippen LogP contribution in [0, 0.1) is 0 Å². The Kier molecular flexibility index (Phi) is 3.92. The molecule has 0 fully saturated rings. The summed E-state index contributed by atoms with van der Waals surface area (Å²) in [6.45, 7) is 4.22. The van der Waals surface area contributed by atoms with Crippen LogP contribution in [0.1, 0.15) is 20.3 Å². The van der Waals surface area contributed by atoms with Crippen LogP contribution >= 0.6 is 11.8 Å². The van der Waals surface area contributed by atoms with Crippen LogP contribution in [0.5, 0.6) is 0 Å². The predicted octanol–water partition coefficient (Wildman–Crippen LogP) is 2.77. The van der Waals surface area contributed by atoms with E-state index >= 15 is 0 Å². The third-order valence-corrected chi connectivity index (χ3v) is 4.89. The van der Waals surface area contributed by atoms with E-state index in [1.165, 1.54) is 6.26 Å². The quantitative estimate of drug-likeness (QED) is 0.912. The molecule has 0 aliphatic carbocycles. The fraction of sp³-hybridized carbons (Fsp3) is 0.462. The highest BCUT2D eigenvalue weighted by atomic mass is 32.2. The molecular formula is C13H18N2O2S2. The molecule has 1 heterocycles. The van der Waals surface area contributed by atoms with Gasteiger partial charge in [0.05, 0.1) is 10.4 Å². The molecule has 0 radical (unpaired) electrons. The molecule has 0 spiro atoms. The fourth-order valence-electron chi connectivity index (χ4n) is 1.73. The van der Waals surface area contributed by atoms with Gasteiger partial charge in [0, 0.05) is 17.7 Å². The zero-order valence-corrected chi connectivity index (χ0v) is 12.9. The van der Waals surface area contributed by atoms with E-state index in [2.05, 4.69) is 24.2 Å². The SMILES string of the molecule is CC1(C)CCSC(Nc2ccc(S(C)(=O)=O)cc2)=N1. The summed E-state index contributed by atoms with van der Waals surface area (Å²) in [7, 11) is -3.13. The number of sulfone groups is 1. The van der Waals surface area contributed by atoms with Gasteiger partial charge >= 0.3 is 0 Å². The number of amidine groups is 1. The van der Waals surface area contributed by atoms with Gasteiger partial charge in [0.25, 0.3) is 0 Å². The highest BCUT2D eigenvalue weighted by molar-refractivity contribution is 8.14. The highest BCUT2D eigenvalue weighted by Gasteiger charge is 2.22. The van der Waals surface area contributed by atoms with Crippen molar-refractivity contribution in [3.05, 3.63) is 24.3 Å². The van der Waals surface area contributed by atoms with Crippen molar-refractivity contribution >= 4 is 32.5 Å². The molecule has 2 rings (SSSR count). The van der Waals surface area contributed by atoms with Crippen LogP contribution < -0.4 is 5.32 Å². The van der Waals surface area contributed by atoms with Crippen molar-refractivity contribution in [2.75, 3.05) is 17.3 Å². The number of nitrogens with one attached hydrogen (secondary N) is 1. The second-order valence-corrected chi connectivity index (χ2v) is 8.35. The van der Waals surface area contributed by atoms with Crippen molar-refractivity contribution in [3.8, 4) is 0 Å². The number of hydrogen-bond donors (Lipinski definition) is 1. The minimum Gasteiger partial charge on any atom is -0.335 e. The molecule has 0 saturated heterocycles. The van der Waals surface area contributed by atoms with E-state index in [4.69, 9.17) is 0 Å². The van der Waals surface area contributed by atoms with E-state index in [0.29, 0.717) is 4.90 Å². The molecule has 1 aliphatic rings. The maximum Gasteiger partial charge on any atom is 0.175 e. The molecule has 4 nitrogen and oxygen atoms in total. The Morgan fingerprint density at radius 1 is 1.26 bits per heavy atom. The number of thioether (sulfide) groups is 1. The van der Waals surface area contributed by atoms with Crippen LogP contribution in [0.15, 0.2) is 34.2 Å². The molecule has 1 aromatic carbocycles. The average molecular weight is 298 g/mol. The van der Waals surface area contributed by atoms with E-state index in [9.17, 15) is 8.42 Å². The third-order valence-electron chi connectivity index (χ3n) is 2.89. The first kappa shape index (κ1) is 14.4. The van der Waals surface area contributed by atoms with Crippen molar-refractivity contribution < 1.29 is 8.42 Å². The van der Waals surface area contributed by atoms with E-state index in [0.717, 1.165) is 23.0 Å². The molecule has 1 N–H and O–H groups in total. The second-order valence-electron chi connectivity index (χ2n) is 5.25. The molecule has 19 heavy (non-hydrogen) atoms. The Morgan fingerprint density at radius 2 is 1.89 bits per heavy atom. The number of benzene rings is 1.